The van der Waals surface area contributed by atoms with Gasteiger partial charge in [-0.15, -0.1) is 0 Å². The Bertz CT molecular complexity index is 352. The number of carbonyl (C=O) groups is 1. The largest absolute Gasteiger partial charge is 0.417 e. The number of aldehydes is 1. The van der Waals surface area contributed by atoms with Crippen molar-refractivity contribution >= 4 is 14.6 Å². The highest BCUT2D eigenvalue weighted by atomic mass is 28.4. The molecule has 0 aromatic carbocycles. The second kappa shape index (κ2) is 6.15. The quantitative estimate of drug-likeness (QED) is 0.511. The van der Waals surface area contributed by atoms with Crippen LogP contribution in [0.2, 0.25) is 18.1 Å². The Balaban J connectivity index is 2.57. The zero-order valence-corrected chi connectivity index (χ0v) is 16.5. The van der Waals surface area contributed by atoms with Crippen molar-refractivity contribution in [3.63, 3.8) is 0 Å². The standard InChI is InChI=1S/C18H36O2Si/c1-16(2,3)18(14-19)11-9-15(10-12-18)13-20-21(7,8)17(4,5)6/h14-15H,9-13H2,1-8H3. The van der Waals surface area contributed by atoms with E-state index in [0.29, 0.717) is 5.92 Å². The van der Waals surface area contributed by atoms with Crippen molar-refractivity contribution in [2.24, 2.45) is 16.7 Å². The van der Waals surface area contributed by atoms with Crippen LogP contribution >= 0.6 is 0 Å². The molecule has 1 aliphatic rings. The molecule has 1 saturated carbocycles. The van der Waals surface area contributed by atoms with Crippen LogP contribution in [0, 0.1) is 16.7 Å². The van der Waals surface area contributed by atoms with Gasteiger partial charge in [-0.1, -0.05) is 41.5 Å². The van der Waals surface area contributed by atoms with Crippen LogP contribution in [-0.2, 0) is 9.22 Å². The fraction of sp³-hybridized carbons (Fsp3) is 0.944. The smallest absolute Gasteiger partial charge is 0.191 e. The van der Waals surface area contributed by atoms with Crippen LogP contribution in [-0.4, -0.2) is 21.2 Å². The minimum Gasteiger partial charge on any atom is -0.417 e. The van der Waals surface area contributed by atoms with E-state index in [1.54, 1.807) is 0 Å². The van der Waals surface area contributed by atoms with Gasteiger partial charge in [0.1, 0.15) is 6.29 Å². The molecule has 1 fully saturated rings. The van der Waals surface area contributed by atoms with Crippen molar-refractivity contribution in [2.75, 3.05) is 6.61 Å². The van der Waals surface area contributed by atoms with Crippen LogP contribution < -0.4 is 0 Å². The fourth-order valence-electron chi connectivity index (χ4n) is 2.95. The van der Waals surface area contributed by atoms with Crippen LogP contribution in [0.3, 0.4) is 0 Å². The maximum atomic E-state index is 11.7. The number of hydrogen-bond acceptors (Lipinski definition) is 2. The molecule has 0 amide bonds. The summed E-state index contributed by atoms with van der Waals surface area (Å²) in [6.07, 6.45) is 5.53. The molecule has 0 N–H and O–H groups in total. The van der Waals surface area contributed by atoms with Gasteiger partial charge in [0.05, 0.1) is 0 Å². The molecule has 0 spiro atoms. The molecule has 0 aliphatic heterocycles. The summed E-state index contributed by atoms with van der Waals surface area (Å²) < 4.78 is 6.37. The van der Waals surface area contributed by atoms with Crippen LogP contribution in [0.4, 0.5) is 0 Å². The minimum absolute atomic E-state index is 0.0695. The SMILES string of the molecule is CC(C)(C)C1(C=O)CCC(CO[Si](C)(C)C(C)(C)C)CC1. The first-order valence-corrected chi connectivity index (χ1v) is 11.4. The van der Waals surface area contributed by atoms with Crippen molar-refractivity contribution in [3.05, 3.63) is 0 Å². The van der Waals surface area contributed by atoms with E-state index < -0.39 is 8.32 Å². The van der Waals surface area contributed by atoms with E-state index in [1.165, 1.54) is 6.29 Å². The van der Waals surface area contributed by atoms with Crippen LogP contribution in [0.1, 0.15) is 67.2 Å². The molecule has 0 unspecified atom stereocenters. The lowest BCUT2D eigenvalue weighted by molar-refractivity contribution is -0.126. The van der Waals surface area contributed by atoms with Gasteiger partial charge in [0, 0.05) is 12.0 Å². The maximum absolute atomic E-state index is 11.7. The molecule has 0 bridgehead atoms. The number of carbonyl (C=O) groups excluding carboxylic acids is 1. The van der Waals surface area contributed by atoms with Crippen LogP contribution in [0.25, 0.3) is 0 Å². The number of hydrogen-bond donors (Lipinski definition) is 0. The molecule has 0 aromatic heterocycles. The van der Waals surface area contributed by atoms with Crippen LogP contribution in [0.5, 0.6) is 0 Å². The first-order valence-electron chi connectivity index (χ1n) is 8.45. The highest BCUT2D eigenvalue weighted by Gasteiger charge is 2.45. The Labute approximate surface area is 133 Å². The van der Waals surface area contributed by atoms with Crippen molar-refractivity contribution in [2.45, 2.75) is 85.4 Å². The van der Waals surface area contributed by atoms with Crippen molar-refractivity contribution in [3.8, 4) is 0 Å². The summed E-state index contributed by atoms with van der Waals surface area (Å²) in [5, 5.41) is 0.277. The average molecular weight is 313 g/mol. The summed E-state index contributed by atoms with van der Waals surface area (Å²) >= 11 is 0. The predicted octanol–water partition coefficient (Wildman–Crippen LogP) is 5.43. The zero-order chi connectivity index (χ0) is 16.5. The first kappa shape index (κ1) is 18.9. The van der Waals surface area contributed by atoms with E-state index in [0.717, 1.165) is 32.3 Å². The van der Waals surface area contributed by atoms with Gasteiger partial charge in [-0.05, 0) is 55.1 Å². The van der Waals surface area contributed by atoms with Gasteiger partial charge in [0.2, 0.25) is 0 Å². The highest BCUT2D eigenvalue weighted by molar-refractivity contribution is 6.74. The summed E-state index contributed by atoms with van der Waals surface area (Å²) in [5.41, 5.74) is -0.0551. The Morgan fingerprint density at radius 3 is 1.90 bits per heavy atom. The lowest BCUT2D eigenvalue weighted by Gasteiger charge is -2.46. The summed E-state index contributed by atoms with van der Waals surface area (Å²) in [6.45, 7) is 19.0. The zero-order valence-electron chi connectivity index (χ0n) is 15.5. The fourth-order valence-corrected chi connectivity index (χ4v) is 4.03. The maximum Gasteiger partial charge on any atom is 0.191 e. The summed E-state index contributed by atoms with van der Waals surface area (Å²) in [7, 11) is -1.64. The Hall–Kier alpha value is -0.153. The van der Waals surface area contributed by atoms with E-state index in [4.69, 9.17) is 4.43 Å². The summed E-state index contributed by atoms with van der Waals surface area (Å²) in [5.74, 6) is 0.634. The second-order valence-electron chi connectivity index (χ2n) is 9.54. The number of rotatable bonds is 4. The Kier molecular flexibility index (Phi) is 5.54. The first-order chi connectivity index (χ1) is 9.35. The molecule has 1 rings (SSSR count). The molecule has 0 aromatic rings. The van der Waals surface area contributed by atoms with E-state index in [2.05, 4.69) is 54.6 Å². The van der Waals surface area contributed by atoms with Crippen molar-refractivity contribution in [1.82, 2.24) is 0 Å². The van der Waals surface area contributed by atoms with Gasteiger partial charge in [0.25, 0.3) is 0 Å². The monoisotopic (exact) mass is 312 g/mol. The topological polar surface area (TPSA) is 26.3 Å². The summed E-state index contributed by atoms with van der Waals surface area (Å²) in [4.78, 5) is 11.7. The van der Waals surface area contributed by atoms with Crippen molar-refractivity contribution in [1.29, 1.82) is 0 Å². The summed E-state index contributed by atoms with van der Waals surface area (Å²) in [6, 6.07) is 0. The van der Waals surface area contributed by atoms with E-state index in [9.17, 15) is 4.79 Å². The molecule has 1 aliphatic carbocycles. The third-order valence-electron chi connectivity index (χ3n) is 6.20. The van der Waals surface area contributed by atoms with Gasteiger partial charge in [0.15, 0.2) is 8.32 Å². The molecule has 0 heterocycles. The predicted molar refractivity (Wildman–Crippen MR) is 93.1 cm³/mol. The van der Waals surface area contributed by atoms with Gasteiger partial charge in [-0.3, -0.25) is 0 Å². The van der Waals surface area contributed by atoms with Crippen molar-refractivity contribution < 1.29 is 9.22 Å². The van der Waals surface area contributed by atoms with Gasteiger partial charge in [-0.2, -0.15) is 0 Å². The lowest BCUT2D eigenvalue weighted by atomic mass is 9.59. The molecule has 3 heteroatoms. The van der Waals surface area contributed by atoms with Gasteiger partial charge in [-0.25, -0.2) is 0 Å². The highest BCUT2D eigenvalue weighted by Crippen LogP contribution is 2.49. The molecular formula is C18H36O2Si. The molecular weight excluding hydrogens is 276 g/mol. The average Bonchev–Trinajstić information content (AvgIpc) is 2.34. The second-order valence-corrected chi connectivity index (χ2v) is 14.3. The third kappa shape index (κ3) is 4.19. The van der Waals surface area contributed by atoms with E-state index in [1.807, 2.05) is 0 Å². The molecule has 2 nitrogen and oxygen atoms in total. The van der Waals surface area contributed by atoms with E-state index >= 15 is 0 Å². The lowest BCUT2D eigenvalue weighted by Crippen LogP contribution is -2.44. The molecule has 21 heavy (non-hydrogen) atoms. The molecule has 0 radical (unpaired) electrons. The van der Waals surface area contributed by atoms with Gasteiger partial charge >= 0.3 is 0 Å². The third-order valence-corrected chi connectivity index (χ3v) is 10.7. The van der Waals surface area contributed by atoms with E-state index in [-0.39, 0.29) is 15.9 Å². The van der Waals surface area contributed by atoms with Gasteiger partial charge < -0.3 is 9.22 Å². The minimum atomic E-state index is -1.64. The molecule has 0 saturated heterocycles. The normalized spacial score (nSPS) is 28.5. The Morgan fingerprint density at radius 2 is 1.57 bits per heavy atom. The Morgan fingerprint density at radius 1 is 1.10 bits per heavy atom. The molecule has 124 valence electrons. The molecule has 0 atom stereocenters. The van der Waals surface area contributed by atoms with Crippen LogP contribution in [0.15, 0.2) is 0 Å².